The summed E-state index contributed by atoms with van der Waals surface area (Å²) in [5, 5.41) is 14.8. The summed E-state index contributed by atoms with van der Waals surface area (Å²) in [5.41, 5.74) is 0. The number of halogens is 3. The molecular formula is H3F3NO3-. The van der Waals surface area contributed by atoms with Gasteiger partial charge in [-0.3, -0.25) is 14.1 Å². The van der Waals surface area contributed by atoms with Crippen LogP contribution < -0.4 is 0 Å². The van der Waals surface area contributed by atoms with E-state index in [0.717, 1.165) is 0 Å². The lowest BCUT2D eigenvalue weighted by Crippen LogP contribution is -1.74. The Bertz CT molecular complexity index is 33.2. The fourth-order valence-corrected chi connectivity index (χ4v) is 0. The van der Waals surface area contributed by atoms with Crippen LogP contribution in [0.1, 0.15) is 0 Å². The molecule has 0 saturated heterocycles. The summed E-state index contributed by atoms with van der Waals surface area (Å²) in [4.78, 5) is 8.25. The van der Waals surface area contributed by atoms with Gasteiger partial charge in [-0.2, -0.15) is 0 Å². The van der Waals surface area contributed by atoms with E-state index in [2.05, 4.69) is 0 Å². The summed E-state index contributed by atoms with van der Waals surface area (Å²) in [5.74, 6) is 0. The third-order valence-electron chi connectivity index (χ3n) is 0. The lowest BCUT2D eigenvalue weighted by Gasteiger charge is -1.74. The number of nitrogens with zero attached hydrogens (tertiary/aromatic N) is 1. The first-order valence-electron chi connectivity index (χ1n) is 0.548. The highest BCUT2D eigenvalue weighted by Crippen LogP contribution is 1.44. The zero-order valence-corrected chi connectivity index (χ0v) is 2.90. The van der Waals surface area contributed by atoms with Crippen LogP contribution in [0.15, 0.2) is 0 Å². The summed E-state index contributed by atoms with van der Waals surface area (Å²) in [7, 11) is 0. The van der Waals surface area contributed by atoms with E-state index in [0.29, 0.717) is 0 Å². The molecule has 48 valence electrons. The highest BCUT2D eigenvalue weighted by atomic mass is 19.0. The van der Waals surface area contributed by atoms with Crippen LogP contribution in [0, 0.1) is 15.3 Å². The largest absolute Gasteiger partial charge is 0.356 e. The van der Waals surface area contributed by atoms with E-state index in [4.69, 9.17) is 15.3 Å². The van der Waals surface area contributed by atoms with Crippen LogP contribution >= 0.6 is 0 Å². The van der Waals surface area contributed by atoms with Gasteiger partial charge < -0.3 is 15.3 Å². The van der Waals surface area contributed by atoms with Gasteiger partial charge in [-0.25, -0.2) is 0 Å². The van der Waals surface area contributed by atoms with Crippen LogP contribution in [0.3, 0.4) is 0 Å². The first kappa shape index (κ1) is 37.7. The zero-order valence-electron chi connectivity index (χ0n) is 2.90. The Labute approximate surface area is 36.0 Å². The summed E-state index contributed by atoms with van der Waals surface area (Å²) >= 11 is 0. The molecule has 0 unspecified atom stereocenters. The molecule has 0 N–H and O–H groups in total. The van der Waals surface area contributed by atoms with E-state index in [-0.39, 0.29) is 14.1 Å². The fourth-order valence-electron chi connectivity index (χ4n) is 0. The third kappa shape index (κ3) is 43.7. The Morgan fingerprint density at radius 2 is 1.00 bits per heavy atom. The average Bonchev–Trinajstić information content (AvgIpc) is 0.811. The number of hydrogen-bond donors (Lipinski definition) is 0. The van der Waals surface area contributed by atoms with E-state index < -0.39 is 5.09 Å². The van der Waals surface area contributed by atoms with Crippen molar-refractivity contribution in [1.29, 1.82) is 0 Å². The average molecular weight is 122 g/mol. The quantitative estimate of drug-likeness (QED) is 0.341. The first-order valence-corrected chi connectivity index (χ1v) is 0.548. The van der Waals surface area contributed by atoms with Crippen molar-refractivity contribution in [2.45, 2.75) is 0 Å². The van der Waals surface area contributed by atoms with Crippen LogP contribution in [0.4, 0.5) is 14.1 Å². The van der Waals surface area contributed by atoms with Gasteiger partial charge in [0.05, 0.1) is 5.09 Å². The molecule has 0 amide bonds. The molecule has 0 rings (SSSR count). The summed E-state index contributed by atoms with van der Waals surface area (Å²) < 4.78 is 0. The van der Waals surface area contributed by atoms with Crippen molar-refractivity contribution < 1.29 is 19.2 Å². The molecule has 0 spiro atoms. The normalized spacial score (nSPS) is 3.43. The molecule has 4 nitrogen and oxygen atoms in total. The van der Waals surface area contributed by atoms with Crippen LogP contribution in [0.25, 0.3) is 0 Å². The van der Waals surface area contributed by atoms with E-state index in [1.54, 1.807) is 0 Å². The Balaban J connectivity index is -0.0000000150. The van der Waals surface area contributed by atoms with Gasteiger partial charge >= 0.3 is 0 Å². The van der Waals surface area contributed by atoms with Crippen molar-refractivity contribution in [3.8, 4) is 0 Å². The second-order valence-corrected chi connectivity index (χ2v) is 0.224. The second kappa shape index (κ2) is 20.1. The highest BCUT2D eigenvalue weighted by Gasteiger charge is 1.45. The lowest BCUT2D eigenvalue weighted by atomic mass is 13.1. The second-order valence-electron chi connectivity index (χ2n) is 0.224. The van der Waals surface area contributed by atoms with Gasteiger partial charge in [0.25, 0.3) is 0 Å². The van der Waals surface area contributed by atoms with Crippen molar-refractivity contribution in [2.75, 3.05) is 0 Å². The molecule has 0 heterocycles. The molecular weight excluding hydrogens is 119 g/mol. The Kier molecular flexibility index (Phi) is 108. The van der Waals surface area contributed by atoms with Crippen LogP contribution in [0.2, 0.25) is 0 Å². The highest BCUT2D eigenvalue weighted by molar-refractivity contribution is 4.03. The Hall–Kier alpha value is -1.01. The molecule has 0 aliphatic carbocycles. The molecule has 0 radical (unpaired) electrons. The van der Waals surface area contributed by atoms with Crippen molar-refractivity contribution in [1.82, 2.24) is 0 Å². The standard InChI is InChI=1S/3FH.NO3/c;;;2-1(3)4/h3*1H;/q;;;-1. The van der Waals surface area contributed by atoms with E-state index in [9.17, 15) is 0 Å². The van der Waals surface area contributed by atoms with E-state index >= 15 is 0 Å². The maximum absolute atomic E-state index is 8.25. The van der Waals surface area contributed by atoms with Gasteiger partial charge in [-0.15, -0.1) is 0 Å². The summed E-state index contributed by atoms with van der Waals surface area (Å²) in [6, 6.07) is 0. The summed E-state index contributed by atoms with van der Waals surface area (Å²) in [6.07, 6.45) is 0. The van der Waals surface area contributed by atoms with E-state index in [1.807, 2.05) is 0 Å². The van der Waals surface area contributed by atoms with Gasteiger partial charge in [0, 0.05) is 0 Å². The van der Waals surface area contributed by atoms with Crippen molar-refractivity contribution in [2.24, 2.45) is 0 Å². The molecule has 0 aliphatic heterocycles. The van der Waals surface area contributed by atoms with Gasteiger partial charge in [-0.05, 0) is 0 Å². The predicted molar refractivity (Wildman–Crippen MR) is 17.9 cm³/mol. The minimum absolute atomic E-state index is 0. The molecule has 0 atom stereocenters. The SMILES string of the molecule is F.F.F.O=[N+]([O-])[O-]. The van der Waals surface area contributed by atoms with Crippen molar-refractivity contribution in [3.05, 3.63) is 15.3 Å². The topological polar surface area (TPSA) is 66.2 Å². The maximum Gasteiger partial charge on any atom is 0.0689 e. The Morgan fingerprint density at radius 1 is 1.00 bits per heavy atom. The molecule has 7 heteroatoms. The third-order valence-corrected chi connectivity index (χ3v) is 0. The molecule has 7 heavy (non-hydrogen) atoms. The minimum atomic E-state index is -1.75. The van der Waals surface area contributed by atoms with Crippen LogP contribution in [-0.2, 0) is 0 Å². The molecule has 0 aromatic heterocycles. The molecule has 0 aromatic rings. The lowest BCUT2D eigenvalue weighted by molar-refractivity contribution is -0.402. The first-order chi connectivity index (χ1) is 1.73. The minimum Gasteiger partial charge on any atom is -0.356 e. The van der Waals surface area contributed by atoms with Crippen molar-refractivity contribution in [3.63, 3.8) is 0 Å². The summed E-state index contributed by atoms with van der Waals surface area (Å²) in [6.45, 7) is 0. The van der Waals surface area contributed by atoms with Gasteiger partial charge in [0.2, 0.25) is 0 Å². The fraction of sp³-hybridized carbons (Fsp3) is 0. The van der Waals surface area contributed by atoms with Gasteiger partial charge in [0.15, 0.2) is 0 Å². The van der Waals surface area contributed by atoms with Gasteiger partial charge in [-0.1, -0.05) is 0 Å². The molecule has 0 fully saturated rings. The molecule has 0 saturated carbocycles. The van der Waals surface area contributed by atoms with Crippen molar-refractivity contribution >= 4 is 0 Å². The number of rotatable bonds is 0. The zero-order chi connectivity index (χ0) is 3.58. The molecule has 0 aromatic carbocycles. The molecule has 0 aliphatic rings. The van der Waals surface area contributed by atoms with Crippen LogP contribution in [0.5, 0.6) is 0 Å². The monoisotopic (exact) mass is 122 g/mol. The van der Waals surface area contributed by atoms with Crippen LogP contribution in [-0.4, -0.2) is 5.09 Å². The smallest absolute Gasteiger partial charge is 0.0689 e. The van der Waals surface area contributed by atoms with Gasteiger partial charge in [0.1, 0.15) is 0 Å². The number of hydrogen-bond acceptors (Lipinski definition) is 3. The maximum atomic E-state index is 8.25. The molecule has 0 bridgehead atoms. The Morgan fingerprint density at radius 3 is 1.00 bits per heavy atom. The predicted octanol–water partition coefficient (Wildman–Crippen LogP) is 0.218. The van der Waals surface area contributed by atoms with E-state index in [1.165, 1.54) is 0 Å².